The quantitative estimate of drug-likeness (QED) is 0.870. The second-order valence-electron chi connectivity index (χ2n) is 3.40. The minimum Gasteiger partial charge on any atom is -0.550 e. The maximum Gasteiger partial charge on any atom is 0.224 e. The number of hydrogen-bond acceptors (Lipinski definition) is 3. The molecule has 1 rings (SSSR count). The molecule has 0 aliphatic rings. The van der Waals surface area contributed by atoms with E-state index in [1.165, 1.54) is 0 Å². The topological polar surface area (TPSA) is 69.2 Å². The zero-order valence-corrected chi connectivity index (χ0v) is 12.0. The summed E-state index contributed by atoms with van der Waals surface area (Å²) >= 11 is 6.65. The lowest BCUT2D eigenvalue weighted by atomic mass is 10.2. The van der Waals surface area contributed by atoms with Crippen molar-refractivity contribution >= 4 is 49.4 Å². The highest BCUT2D eigenvalue weighted by atomic mass is 79.9. The Labute approximate surface area is 116 Å². The van der Waals surface area contributed by atoms with E-state index in [-0.39, 0.29) is 25.2 Å². The first kappa shape index (κ1) is 14.2. The van der Waals surface area contributed by atoms with Crippen molar-refractivity contribution in [2.24, 2.45) is 0 Å². The highest BCUT2D eigenvalue weighted by Gasteiger charge is 2.04. The van der Waals surface area contributed by atoms with E-state index in [0.29, 0.717) is 5.69 Å². The lowest BCUT2D eigenvalue weighted by Crippen LogP contribution is -2.22. The molecule has 4 nitrogen and oxygen atoms in total. The van der Waals surface area contributed by atoms with Gasteiger partial charge in [0.25, 0.3) is 0 Å². The highest BCUT2D eigenvalue weighted by molar-refractivity contribution is 9.13. The Morgan fingerprint density at radius 1 is 1.18 bits per heavy atom. The summed E-state index contributed by atoms with van der Waals surface area (Å²) in [5.74, 6) is -1.34. The van der Waals surface area contributed by atoms with E-state index in [1.54, 1.807) is 18.2 Å². The molecular weight excluding hydrogens is 354 g/mol. The number of aliphatic carboxylic acids is 1. The van der Waals surface area contributed by atoms with Gasteiger partial charge in [0.1, 0.15) is 0 Å². The van der Waals surface area contributed by atoms with Crippen LogP contribution in [0.15, 0.2) is 27.1 Å². The minimum atomic E-state index is -1.14. The van der Waals surface area contributed by atoms with Crippen molar-refractivity contribution < 1.29 is 14.7 Å². The van der Waals surface area contributed by atoms with Crippen LogP contribution in [0, 0.1) is 0 Å². The van der Waals surface area contributed by atoms with E-state index in [0.717, 1.165) is 8.95 Å². The number of carboxylic acids is 1. The molecular formula is C11H10Br2NO3-. The van der Waals surface area contributed by atoms with Crippen molar-refractivity contribution in [1.82, 2.24) is 0 Å². The third-order valence-corrected chi connectivity index (χ3v) is 3.87. The van der Waals surface area contributed by atoms with Crippen molar-refractivity contribution in [2.75, 3.05) is 5.32 Å². The SMILES string of the molecule is O=C([O-])CCCC(=O)Nc1ccc(Br)c(Br)c1. The maximum atomic E-state index is 11.4. The molecule has 0 bridgehead atoms. The Kier molecular flexibility index (Phi) is 5.64. The van der Waals surface area contributed by atoms with Gasteiger partial charge in [0, 0.05) is 27.0 Å². The van der Waals surface area contributed by atoms with E-state index < -0.39 is 5.97 Å². The summed E-state index contributed by atoms with van der Waals surface area (Å²) in [6.07, 6.45) is 0.352. The monoisotopic (exact) mass is 362 g/mol. The van der Waals surface area contributed by atoms with Gasteiger partial charge in [-0.1, -0.05) is 0 Å². The van der Waals surface area contributed by atoms with E-state index in [2.05, 4.69) is 37.2 Å². The molecule has 1 N–H and O–H groups in total. The van der Waals surface area contributed by atoms with Crippen molar-refractivity contribution in [3.8, 4) is 0 Å². The van der Waals surface area contributed by atoms with Gasteiger partial charge in [0.2, 0.25) is 5.91 Å². The summed E-state index contributed by atoms with van der Waals surface area (Å²) in [6, 6.07) is 5.33. The molecule has 0 radical (unpaired) electrons. The van der Waals surface area contributed by atoms with Gasteiger partial charge in [-0.3, -0.25) is 4.79 Å². The lowest BCUT2D eigenvalue weighted by Gasteiger charge is -2.06. The van der Waals surface area contributed by atoms with E-state index in [1.807, 2.05) is 0 Å². The van der Waals surface area contributed by atoms with Gasteiger partial charge >= 0.3 is 0 Å². The van der Waals surface area contributed by atoms with Gasteiger partial charge in [0.15, 0.2) is 0 Å². The van der Waals surface area contributed by atoms with Crippen LogP contribution in [0.1, 0.15) is 19.3 Å². The number of halogens is 2. The Hall–Kier alpha value is -0.880. The third-order valence-electron chi connectivity index (χ3n) is 1.99. The first-order valence-electron chi connectivity index (χ1n) is 4.94. The number of anilines is 1. The number of hydrogen-bond donors (Lipinski definition) is 1. The molecule has 17 heavy (non-hydrogen) atoms. The summed E-state index contributed by atoms with van der Waals surface area (Å²) in [4.78, 5) is 21.6. The second-order valence-corrected chi connectivity index (χ2v) is 5.11. The average molecular weight is 364 g/mol. The fraction of sp³-hybridized carbons (Fsp3) is 0.273. The zero-order chi connectivity index (χ0) is 12.8. The molecule has 1 aromatic carbocycles. The number of amides is 1. The molecule has 0 saturated heterocycles. The van der Waals surface area contributed by atoms with Gasteiger partial charge in [-0.05, 0) is 62.9 Å². The fourth-order valence-electron chi connectivity index (χ4n) is 1.19. The second kappa shape index (κ2) is 6.76. The molecule has 0 aliphatic heterocycles. The Bertz CT molecular complexity index is 435. The van der Waals surface area contributed by atoms with Gasteiger partial charge in [-0.2, -0.15) is 0 Å². The summed E-state index contributed by atoms with van der Waals surface area (Å²) in [6.45, 7) is 0. The van der Waals surface area contributed by atoms with Crippen LogP contribution in [0.5, 0.6) is 0 Å². The average Bonchev–Trinajstić information content (AvgIpc) is 2.23. The molecule has 1 aromatic rings. The van der Waals surface area contributed by atoms with Gasteiger partial charge < -0.3 is 15.2 Å². The molecule has 0 atom stereocenters. The number of nitrogens with one attached hydrogen (secondary N) is 1. The van der Waals surface area contributed by atoms with Crippen molar-refractivity contribution in [3.05, 3.63) is 27.1 Å². The minimum absolute atomic E-state index is 0.0997. The number of benzene rings is 1. The summed E-state index contributed by atoms with van der Waals surface area (Å²) in [7, 11) is 0. The molecule has 0 heterocycles. The molecule has 1 amide bonds. The Balaban J connectivity index is 2.45. The van der Waals surface area contributed by atoms with Crippen molar-refractivity contribution in [1.29, 1.82) is 0 Å². The molecule has 0 fully saturated rings. The first-order chi connectivity index (χ1) is 7.99. The Morgan fingerprint density at radius 3 is 2.47 bits per heavy atom. The molecule has 0 aromatic heterocycles. The smallest absolute Gasteiger partial charge is 0.224 e. The molecule has 92 valence electrons. The standard InChI is InChI=1S/C11H11Br2NO3/c12-8-5-4-7(6-9(8)13)14-10(15)2-1-3-11(16)17/h4-6H,1-3H2,(H,14,15)(H,16,17)/p-1. The summed E-state index contributed by atoms with van der Waals surface area (Å²) in [5, 5.41) is 12.8. The van der Waals surface area contributed by atoms with Gasteiger partial charge in [-0.15, -0.1) is 0 Å². The van der Waals surface area contributed by atoms with Crippen LogP contribution in [0.2, 0.25) is 0 Å². The normalized spacial score (nSPS) is 10.0. The number of carbonyl (C=O) groups is 2. The van der Waals surface area contributed by atoms with Crippen LogP contribution in [-0.2, 0) is 9.59 Å². The van der Waals surface area contributed by atoms with Crippen molar-refractivity contribution in [2.45, 2.75) is 19.3 Å². The van der Waals surface area contributed by atoms with Crippen LogP contribution in [0.4, 0.5) is 5.69 Å². The number of carbonyl (C=O) groups excluding carboxylic acids is 2. The predicted octanol–water partition coefficient (Wildman–Crippen LogP) is 2.07. The molecule has 0 saturated carbocycles. The number of carboxylic acid groups (broad SMARTS) is 1. The summed E-state index contributed by atoms with van der Waals surface area (Å²) in [5.41, 5.74) is 0.665. The van der Waals surface area contributed by atoms with Gasteiger partial charge in [-0.25, -0.2) is 0 Å². The van der Waals surface area contributed by atoms with Crippen LogP contribution < -0.4 is 10.4 Å². The van der Waals surface area contributed by atoms with Crippen LogP contribution in [-0.4, -0.2) is 11.9 Å². The molecule has 6 heteroatoms. The maximum absolute atomic E-state index is 11.4. The van der Waals surface area contributed by atoms with Crippen LogP contribution >= 0.6 is 31.9 Å². The van der Waals surface area contributed by atoms with E-state index >= 15 is 0 Å². The molecule has 0 unspecified atom stereocenters. The molecule has 0 spiro atoms. The first-order valence-corrected chi connectivity index (χ1v) is 6.52. The largest absolute Gasteiger partial charge is 0.550 e. The predicted molar refractivity (Wildman–Crippen MR) is 69.3 cm³/mol. The van der Waals surface area contributed by atoms with E-state index in [9.17, 15) is 14.7 Å². The lowest BCUT2D eigenvalue weighted by molar-refractivity contribution is -0.305. The molecule has 0 aliphatic carbocycles. The summed E-state index contributed by atoms with van der Waals surface area (Å²) < 4.78 is 1.73. The van der Waals surface area contributed by atoms with E-state index in [4.69, 9.17) is 0 Å². The highest BCUT2D eigenvalue weighted by Crippen LogP contribution is 2.26. The van der Waals surface area contributed by atoms with Gasteiger partial charge in [0.05, 0.1) is 0 Å². The van der Waals surface area contributed by atoms with Crippen molar-refractivity contribution in [3.63, 3.8) is 0 Å². The Morgan fingerprint density at radius 2 is 1.88 bits per heavy atom. The van der Waals surface area contributed by atoms with Crippen LogP contribution in [0.3, 0.4) is 0 Å². The number of rotatable bonds is 5. The third kappa shape index (κ3) is 5.32. The fourth-order valence-corrected chi connectivity index (χ4v) is 1.82. The zero-order valence-electron chi connectivity index (χ0n) is 8.83. The van der Waals surface area contributed by atoms with Crippen LogP contribution in [0.25, 0.3) is 0 Å².